The van der Waals surface area contributed by atoms with Gasteiger partial charge < -0.3 is 19.1 Å². The zero-order valence-electron chi connectivity index (χ0n) is 12.9. The van der Waals surface area contributed by atoms with Crippen LogP contribution >= 0.6 is 0 Å². The van der Waals surface area contributed by atoms with Crippen LogP contribution in [0.1, 0.15) is 30.1 Å². The van der Waals surface area contributed by atoms with Crippen LogP contribution in [0.15, 0.2) is 18.2 Å². The van der Waals surface area contributed by atoms with Crippen molar-refractivity contribution >= 4 is 5.91 Å². The topological polar surface area (TPSA) is 48.0 Å². The molecule has 2 rings (SSSR count). The molecule has 0 aliphatic carbocycles. The Hall–Kier alpha value is -1.75. The first-order valence-electron chi connectivity index (χ1n) is 7.32. The van der Waals surface area contributed by atoms with Crippen molar-refractivity contribution in [2.24, 2.45) is 0 Å². The van der Waals surface area contributed by atoms with Crippen molar-refractivity contribution < 1.29 is 19.0 Å². The predicted octanol–water partition coefficient (Wildman–Crippen LogP) is 2.34. The number of hydrogen-bond acceptors (Lipinski definition) is 4. The molecule has 1 fully saturated rings. The fourth-order valence-electron chi connectivity index (χ4n) is 2.55. The lowest BCUT2D eigenvalue weighted by Gasteiger charge is -2.33. The Labute approximate surface area is 125 Å². The number of carbonyl (C=O) groups is 1. The van der Waals surface area contributed by atoms with Crippen molar-refractivity contribution in [3.8, 4) is 11.5 Å². The van der Waals surface area contributed by atoms with Crippen molar-refractivity contribution in [2.75, 3.05) is 33.9 Å². The molecule has 0 N–H and O–H groups in total. The Bertz CT molecular complexity index is 487. The molecule has 0 bridgehead atoms. The standard InChI is InChI=1S/C16H23NO4/c1-4-5-13-11-17(8-9-21-13)16(18)14-10-12(19-2)6-7-15(14)20-3/h6-7,10,13H,4-5,8-9,11H2,1-3H3/t13-/m0/s1. The van der Waals surface area contributed by atoms with Gasteiger partial charge in [-0.1, -0.05) is 13.3 Å². The third-order valence-electron chi connectivity index (χ3n) is 3.67. The number of rotatable bonds is 5. The lowest BCUT2D eigenvalue weighted by molar-refractivity contribution is -0.0251. The minimum atomic E-state index is -0.0323. The van der Waals surface area contributed by atoms with Gasteiger partial charge >= 0.3 is 0 Å². The highest BCUT2D eigenvalue weighted by atomic mass is 16.5. The maximum absolute atomic E-state index is 12.7. The van der Waals surface area contributed by atoms with Gasteiger partial charge in [0.1, 0.15) is 11.5 Å². The third kappa shape index (κ3) is 3.67. The monoisotopic (exact) mass is 293 g/mol. The van der Waals surface area contributed by atoms with Gasteiger partial charge in [-0.2, -0.15) is 0 Å². The first kappa shape index (κ1) is 15.6. The van der Waals surface area contributed by atoms with Crippen LogP contribution < -0.4 is 9.47 Å². The van der Waals surface area contributed by atoms with E-state index >= 15 is 0 Å². The quantitative estimate of drug-likeness (QED) is 0.836. The molecule has 1 heterocycles. The number of ether oxygens (including phenoxy) is 3. The maximum Gasteiger partial charge on any atom is 0.257 e. The van der Waals surface area contributed by atoms with Crippen molar-refractivity contribution in [1.82, 2.24) is 4.90 Å². The molecule has 0 aromatic heterocycles. The summed E-state index contributed by atoms with van der Waals surface area (Å²) in [6.45, 7) is 3.95. The molecule has 1 saturated heterocycles. The van der Waals surface area contributed by atoms with Crippen LogP contribution in [-0.4, -0.2) is 50.8 Å². The van der Waals surface area contributed by atoms with Gasteiger partial charge in [-0.25, -0.2) is 0 Å². The number of nitrogens with zero attached hydrogens (tertiary/aromatic N) is 1. The van der Waals surface area contributed by atoms with Crippen LogP contribution in [0.3, 0.4) is 0 Å². The number of benzene rings is 1. The molecule has 0 saturated carbocycles. The van der Waals surface area contributed by atoms with Gasteiger partial charge in [-0.15, -0.1) is 0 Å². The first-order chi connectivity index (χ1) is 10.2. The molecule has 1 atom stereocenters. The number of hydrogen-bond donors (Lipinski definition) is 0. The number of amides is 1. The largest absolute Gasteiger partial charge is 0.497 e. The normalized spacial score (nSPS) is 18.4. The summed E-state index contributed by atoms with van der Waals surface area (Å²) in [5.74, 6) is 1.19. The van der Waals surface area contributed by atoms with E-state index in [2.05, 4.69) is 6.92 Å². The summed E-state index contributed by atoms with van der Waals surface area (Å²) in [6.07, 6.45) is 2.15. The first-order valence-corrected chi connectivity index (χ1v) is 7.32. The van der Waals surface area contributed by atoms with Crippen molar-refractivity contribution in [2.45, 2.75) is 25.9 Å². The van der Waals surface area contributed by atoms with E-state index in [4.69, 9.17) is 14.2 Å². The average Bonchev–Trinajstić information content (AvgIpc) is 2.54. The molecule has 1 aromatic carbocycles. The highest BCUT2D eigenvalue weighted by molar-refractivity contribution is 5.97. The average molecular weight is 293 g/mol. The van der Waals surface area contributed by atoms with Crippen LogP contribution in [-0.2, 0) is 4.74 Å². The number of methoxy groups -OCH3 is 2. The smallest absolute Gasteiger partial charge is 0.257 e. The SMILES string of the molecule is CCC[C@H]1CN(C(=O)c2cc(OC)ccc2OC)CCO1. The molecule has 5 heteroatoms. The van der Waals surface area contributed by atoms with Crippen molar-refractivity contribution in [3.63, 3.8) is 0 Å². The van der Waals surface area contributed by atoms with Crippen LogP contribution in [0.2, 0.25) is 0 Å². The molecule has 1 aliphatic heterocycles. The Morgan fingerprint density at radius 1 is 1.38 bits per heavy atom. The summed E-state index contributed by atoms with van der Waals surface area (Å²) < 4.78 is 16.2. The molecular weight excluding hydrogens is 270 g/mol. The lowest BCUT2D eigenvalue weighted by atomic mass is 10.1. The number of carbonyl (C=O) groups excluding carboxylic acids is 1. The summed E-state index contributed by atoms with van der Waals surface area (Å²) in [4.78, 5) is 14.6. The molecule has 5 nitrogen and oxygen atoms in total. The van der Waals surface area contributed by atoms with Crippen LogP contribution in [0, 0.1) is 0 Å². The van der Waals surface area contributed by atoms with E-state index in [9.17, 15) is 4.79 Å². The molecule has 0 unspecified atom stereocenters. The lowest BCUT2D eigenvalue weighted by Crippen LogP contribution is -2.45. The molecular formula is C16H23NO4. The zero-order chi connectivity index (χ0) is 15.2. The van der Waals surface area contributed by atoms with E-state index in [1.165, 1.54) is 0 Å². The number of morpholine rings is 1. The summed E-state index contributed by atoms with van der Waals surface area (Å²) in [7, 11) is 3.15. The van der Waals surface area contributed by atoms with Crippen LogP contribution in [0.25, 0.3) is 0 Å². The Balaban J connectivity index is 2.18. The van der Waals surface area contributed by atoms with Gasteiger partial charge in [0.15, 0.2) is 0 Å². The van der Waals surface area contributed by atoms with Crippen LogP contribution in [0.5, 0.6) is 11.5 Å². The maximum atomic E-state index is 12.7. The Morgan fingerprint density at radius 3 is 2.86 bits per heavy atom. The fourth-order valence-corrected chi connectivity index (χ4v) is 2.55. The van der Waals surface area contributed by atoms with E-state index in [-0.39, 0.29) is 12.0 Å². The minimum Gasteiger partial charge on any atom is -0.497 e. The molecule has 1 aliphatic rings. The predicted molar refractivity (Wildman–Crippen MR) is 80.1 cm³/mol. The van der Waals surface area contributed by atoms with E-state index in [1.54, 1.807) is 32.4 Å². The van der Waals surface area contributed by atoms with E-state index < -0.39 is 0 Å². The van der Waals surface area contributed by atoms with E-state index in [0.717, 1.165) is 12.8 Å². The second-order valence-corrected chi connectivity index (χ2v) is 5.10. The molecule has 1 amide bonds. The molecule has 0 radical (unpaired) electrons. The summed E-state index contributed by atoms with van der Waals surface area (Å²) in [5, 5.41) is 0. The van der Waals surface area contributed by atoms with Gasteiger partial charge in [-0.3, -0.25) is 4.79 Å². The second-order valence-electron chi connectivity index (χ2n) is 5.10. The molecule has 0 spiro atoms. The molecule has 1 aromatic rings. The van der Waals surface area contributed by atoms with Crippen LogP contribution in [0.4, 0.5) is 0 Å². The summed E-state index contributed by atoms with van der Waals surface area (Å²) >= 11 is 0. The minimum absolute atomic E-state index is 0.0323. The van der Waals surface area contributed by atoms with Gasteiger partial charge in [0.25, 0.3) is 5.91 Å². The fraction of sp³-hybridized carbons (Fsp3) is 0.562. The summed E-state index contributed by atoms with van der Waals surface area (Å²) in [6, 6.07) is 5.27. The Kier molecular flexibility index (Phi) is 5.44. The Morgan fingerprint density at radius 2 is 2.19 bits per heavy atom. The van der Waals surface area contributed by atoms with Gasteiger partial charge in [0.2, 0.25) is 0 Å². The zero-order valence-corrected chi connectivity index (χ0v) is 12.9. The van der Waals surface area contributed by atoms with E-state index in [1.807, 2.05) is 4.90 Å². The molecule has 21 heavy (non-hydrogen) atoms. The third-order valence-corrected chi connectivity index (χ3v) is 3.67. The van der Waals surface area contributed by atoms with Gasteiger partial charge in [0, 0.05) is 13.1 Å². The molecule has 116 valence electrons. The van der Waals surface area contributed by atoms with Gasteiger partial charge in [0.05, 0.1) is 32.5 Å². The van der Waals surface area contributed by atoms with Crippen molar-refractivity contribution in [3.05, 3.63) is 23.8 Å². The highest BCUT2D eigenvalue weighted by Gasteiger charge is 2.26. The van der Waals surface area contributed by atoms with Gasteiger partial charge in [-0.05, 0) is 24.6 Å². The van der Waals surface area contributed by atoms with E-state index in [0.29, 0.717) is 36.8 Å². The second kappa shape index (κ2) is 7.31. The summed E-state index contributed by atoms with van der Waals surface area (Å²) in [5.41, 5.74) is 0.536. The van der Waals surface area contributed by atoms with Crippen molar-refractivity contribution in [1.29, 1.82) is 0 Å². The highest BCUT2D eigenvalue weighted by Crippen LogP contribution is 2.26.